The molecule has 0 saturated carbocycles. The van der Waals surface area contributed by atoms with Crippen LogP contribution in [0.2, 0.25) is 0 Å². The molecular formula is C18H25FN2O3. The standard InChI is InChI=1S/C18H25FN2O3/c1-13(7-8-15-5-3-4-6-17(15)19)18(23)21-9-10-24-16(12-21)11-20-14(2)22/h3-6,13,16H,7-12H2,1-2H3,(H,20,22)/t13-,16-/m0/s1. The van der Waals surface area contributed by atoms with Crippen molar-refractivity contribution in [1.29, 1.82) is 0 Å². The van der Waals surface area contributed by atoms with E-state index in [1.165, 1.54) is 13.0 Å². The van der Waals surface area contributed by atoms with Gasteiger partial charge in [0.1, 0.15) is 5.82 Å². The zero-order valence-corrected chi connectivity index (χ0v) is 14.3. The average Bonchev–Trinajstić information content (AvgIpc) is 2.58. The molecule has 1 heterocycles. The van der Waals surface area contributed by atoms with Crippen molar-refractivity contribution in [3.8, 4) is 0 Å². The minimum atomic E-state index is -0.223. The Kier molecular flexibility index (Phi) is 6.73. The molecule has 0 bridgehead atoms. The first-order chi connectivity index (χ1) is 11.5. The smallest absolute Gasteiger partial charge is 0.225 e. The minimum Gasteiger partial charge on any atom is -0.373 e. The fourth-order valence-corrected chi connectivity index (χ4v) is 2.81. The fourth-order valence-electron chi connectivity index (χ4n) is 2.81. The number of hydrogen-bond acceptors (Lipinski definition) is 3. The predicted molar refractivity (Wildman–Crippen MR) is 88.9 cm³/mol. The number of halogens is 1. The molecule has 1 N–H and O–H groups in total. The van der Waals surface area contributed by atoms with Crippen molar-refractivity contribution in [3.63, 3.8) is 0 Å². The lowest BCUT2D eigenvalue weighted by atomic mass is 9.99. The van der Waals surface area contributed by atoms with E-state index in [0.717, 1.165) is 0 Å². The number of ether oxygens (including phenoxy) is 1. The second-order valence-corrected chi connectivity index (χ2v) is 6.25. The molecule has 1 fully saturated rings. The third-order valence-electron chi connectivity index (χ3n) is 4.26. The second-order valence-electron chi connectivity index (χ2n) is 6.25. The lowest BCUT2D eigenvalue weighted by Gasteiger charge is -2.34. The fraction of sp³-hybridized carbons (Fsp3) is 0.556. The van der Waals surface area contributed by atoms with Gasteiger partial charge in [0.05, 0.1) is 12.7 Å². The zero-order chi connectivity index (χ0) is 17.5. The van der Waals surface area contributed by atoms with E-state index < -0.39 is 0 Å². The Morgan fingerprint density at radius 1 is 1.42 bits per heavy atom. The second kappa shape index (κ2) is 8.78. The van der Waals surface area contributed by atoms with Gasteiger partial charge < -0.3 is 15.0 Å². The zero-order valence-electron chi connectivity index (χ0n) is 14.3. The van der Waals surface area contributed by atoms with E-state index in [4.69, 9.17) is 4.74 Å². The Balaban J connectivity index is 1.83. The molecule has 0 spiro atoms. The van der Waals surface area contributed by atoms with Gasteiger partial charge in [-0.1, -0.05) is 25.1 Å². The largest absolute Gasteiger partial charge is 0.373 e. The first kappa shape index (κ1) is 18.4. The van der Waals surface area contributed by atoms with Crippen molar-refractivity contribution in [2.45, 2.75) is 32.8 Å². The number of aryl methyl sites for hydroxylation is 1. The summed E-state index contributed by atoms with van der Waals surface area (Å²) in [6.45, 7) is 5.24. The molecule has 1 aromatic carbocycles. The molecule has 0 radical (unpaired) electrons. The molecule has 2 amide bonds. The maximum absolute atomic E-state index is 13.7. The van der Waals surface area contributed by atoms with Crippen molar-refractivity contribution in [3.05, 3.63) is 35.6 Å². The summed E-state index contributed by atoms with van der Waals surface area (Å²) in [5.74, 6) is -0.453. The molecule has 1 aliphatic rings. The van der Waals surface area contributed by atoms with Crippen molar-refractivity contribution in [1.82, 2.24) is 10.2 Å². The maximum Gasteiger partial charge on any atom is 0.225 e. The number of nitrogens with zero attached hydrogens (tertiary/aromatic N) is 1. The molecule has 6 heteroatoms. The van der Waals surface area contributed by atoms with Crippen LogP contribution >= 0.6 is 0 Å². The molecule has 0 unspecified atom stereocenters. The molecule has 5 nitrogen and oxygen atoms in total. The van der Waals surface area contributed by atoms with E-state index in [-0.39, 0.29) is 29.7 Å². The number of benzene rings is 1. The van der Waals surface area contributed by atoms with Gasteiger partial charge in [-0.05, 0) is 24.5 Å². The Morgan fingerprint density at radius 3 is 2.88 bits per heavy atom. The number of hydrogen-bond donors (Lipinski definition) is 1. The molecule has 24 heavy (non-hydrogen) atoms. The lowest BCUT2D eigenvalue weighted by molar-refractivity contribution is -0.142. The van der Waals surface area contributed by atoms with Gasteiger partial charge in [0.25, 0.3) is 0 Å². The molecule has 1 aromatic rings. The van der Waals surface area contributed by atoms with Gasteiger partial charge in [-0.15, -0.1) is 0 Å². The Hall–Kier alpha value is -1.95. The van der Waals surface area contributed by atoms with E-state index in [2.05, 4.69) is 5.32 Å². The van der Waals surface area contributed by atoms with E-state index >= 15 is 0 Å². The molecule has 2 rings (SSSR count). The van der Waals surface area contributed by atoms with Crippen LogP contribution in [-0.4, -0.2) is 49.1 Å². The van der Waals surface area contributed by atoms with Crippen molar-refractivity contribution < 1.29 is 18.7 Å². The molecule has 132 valence electrons. The molecule has 1 saturated heterocycles. The summed E-state index contributed by atoms with van der Waals surface area (Å²) in [6.07, 6.45) is 0.970. The topological polar surface area (TPSA) is 58.6 Å². The summed E-state index contributed by atoms with van der Waals surface area (Å²) in [6, 6.07) is 6.66. The van der Waals surface area contributed by atoms with Crippen molar-refractivity contribution >= 4 is 11.8 Å². The summed E-state index contributed by atoms with van der Waals surface area (Å²) in [5, 5.41) is 2.71. The van der Waals surface area contributed by atoms with Gasteiger partial charge in [-0.2, -0.15) is 0 Å². The number of carbonyl (C=O) groups excluding carboxylic acids is 2. The Labute approximate surface area is 142 Å². The van der Waals surface area contributed by atoms with Crippen LogP contribution in [0.5, 0.6) is 0 Å². The van der Waals surface area contributed by atoms with Gasteiger partial charge >= 0.3 is 0 Å². The van der Waals surface area contributed by atoms with Gasteiger partial charge in [-0.25, -0.2) is 4.39 Å². The van der Waals surface area contributed by atoms with E-state index in [0.29, 0.717) is 44.6 Å². The van der Waals surface area contributed by atoms with Crippen LogP contribution in [0.15, 0.2) is 24.3 Å². The van der Waals surface area contributed by atoms with E-state index in [9.17, 15) is 14.0 Å². The summed E-state index contributed by atoms with van der Waals surface area (Å²) < 4.78 is 19.2. The maximum atomic E-state index is 13.7. The molecule has 1 aliphatic heterocycles. The van der Waals surface area contributed by atoms with E-state index in [1.54, 1.807) is 23.1 Å². The monoisotopic (exact) mass is 336 g/mol. The normalized spacial score (nSPS) is 19.0. The molecule has 2 atom stereocenters. The Morgan fingerprint density at radius 2 is 2.17 bits per heavy atom. The van der Waals surface area contributed by atoms with Crippen molar-refractivity contribution in [2.75, 3.05) is 26.2 Å². The van der Waals surface area contributed by atoms with Crippen molar-refractivity contribution in [2.24, 2.45) is 5.92 Å². The summed E-state index contributed by atoms with van der Waals surface area (Å²) in [5.41, 5.74) is 0.641. The number of morpholine rings is 1. The van der Waals surface area contributed by atoms with Crippen LogP contribution in [-0.2, 0) is 20.7 Å². The van der Waals surface area contributed by atoms with Gasteiger partial charge in [0.15, 0.2) is 0 Å². The quantitative estimate of drug-likeness (QED) is 0.861. The summed E-state index contributed by atoms with van der Waals surface area (Å²) in [7, 11) is 0. The first-order valence-corrected chi connectivity index (χ1v) is 8.35. The highest BCUT2D eigenvalue weighted by Crippen LogP contribution is 2.16. The first-order valence-electron chi connectivity index (χ1n) is 8.35. The van der Waals surface area contributed by atoms with Crippen LogP contribution in [0.4, 0.5) is 4.39 Å². The number of carbonyl (C=O) groups is 2. The highest BCUT2D eigenvalue weighted by Gasteiger charge is 2.27. The van der Waals surface area contributed by atoms with Crippen LogP contribution in [0.3, 0.4) is 0 Å². The summed E-state index contributed by atoms with van der Waals surface area (Å²) >= 11 is 0. The molecule has 0 aromatic heterocycles. The minimum absolute atomic E-state index is 0.0578. The Bertz CT molecular complexity index is 579. The number of rotatable bonds is 6. The third kappa shape index (κ3) is 5.30. The van der Waals surface area contributed by atoms with Crippen LogP contribution in [0, 0.1) is 11.7 Å². The number of nitrogens with one attached hydrogen (secondary N) is 1. The number of amides is 2. The molecule has 0 aliphatic carbocycles. The van der Waals surface area contributed by atoms with Gasteiger partial charge in [0.2, 0.25) is 11.8 Å². The van der Waals surface area contributed by atoms with Crippen LogP contribution < -0.4 is 5.32 Å². The predicted octanol–water partition coefficient (Wildman–Crippen LogP) is 1.76. The average molecular weight is 336 g/mol. The SMILES string of the molecule is CC(=O)NC[C@H]1CN(C(=O)[C@@H](C)CCc2ccccc2F)CCO1. The van der Waals surface area contributed by atoms with Crippen LogP contribution in [0.1, 0.15) is 25.8 Å². The van der Waals surface area contributed by atoms with Gasteiger partial charge in [-0.3, -0.25) is 9.59 Å². The summed E-state index contributed by atoms with van der Waals surface area (Å²) in [4.78, 5) is 25.3. The highest BCUT2D eigenvalue weighted by atomic mass is 19.1. The van der Waals surface area contributed by atoms with Crippen LogP contribution in [0.25, 0.3) is 0 Å². The molecular weight excluding hydrogens is 311 g/mol. The lowest BCUT2D eigenvalue weighted by Crippen LogP contribution is -2.50. The third-order valence-corrected chi connectivity index (χ3v) is 4.26. The highest BCUT2D eigenvalue weighted by molar-refractivity contribution is 5.78. The van der Waals surface area contributed by atoms with E-state index in [1.807, 2.05) is 6.92 Å². The van der Waals surface area contributed by atoms with Gasteiger partial charge in [0, 0.05) is 32.5 Å².